The van der Waals surface area contributed by atoms with E-state index in [2.05, 4.69) is 27.4 Å². The van der Waals surface area contributed by atoms with Gasteiger partial charge in [-0.3, -0.25) is 4.99 Å². The molecule has 0 saturated carbocycles. The largest absolute Gasteiger partial charge is 0.497 e. The summed E-state index contributed by atoms with van der Waals surface area (Å²) in [6.07, 6.45) is 3.11. The number of methoxy groups -OCH3 is 1. The van der Waals surface area contributed by atoms with E-state index < -0.39 is 6.10 Å². The molecule has 27 heavy (non-hydrogen) atoms. The number of hydrogen-bond acceptors (Lipinski definition) is 4. The van der Waals surface area contributed by atoms with Gasteiger partial charge in [0.2, 0.25) is 0 Å². The Morgan fingerprint density at radius 3 is 2.59 bits per heavy atom. The second kappa shape index (κ2) is 11.8. The average Bonchev–Trinajstić information content (AvgIpc) is 2.70. The molecular formula is C21H36N4O2. The van der Waals surface area contributed by atoms with Crippen molar-refractivity contribution in [1.82, 2.24) is 15.5 Å². The third-order valence-corrected chi connectivity index (χ3v) is 5.09. The fourth-order valence-electron chi connectivity index (χ4n) is 3.25. The summed E-state index contributed by atoms with van der Waals surface area (Å²) in [4.78, 5) is 7.08. The van der Waals surface area contributed by atoms with Crippen LogP contribution in [0, 0.1) is 5.92 Å². The van der Waals surface area contributed by atoms with Crippen LogP contribution in [-0.4, -0.2) is 62.3 Å². The van der Waals surface area contributed by atoms with Crippen molar-refractivity contribution in [3.8, 4) is 5.75 Å². The Bertz CT molecular complexity index is 554. The van der Waals surface area contributed by atoms with Crippen LogP contribution in [0.1, 0.15) is 44.8 Å². The number of nitrogens with one attached hydrogen (secondary N) is 2. The summed E-state index contributed by atoms with van der Waals surface area (Å²) in [6.45, 7) is 9.99. The van der Waals surface area contributed by atoms with E-state index in [0.29, 0.717) is 6.54 Å². The molecule has 0 aromatic heterocycles. The summed E-state index contributed by atoms with van der Waals surface area (Å²) in [7, 11) is 1.63. The summed E-state index contributed by atoms with van der Waals surface area (Å²) in [5.74, 6) is 2.42. The number of benzene rings is 1. The Balaban J connectivity index is 1.73. The van der Waals surface area contributed by atoms with Crippen molar-refractivity contribution < 1.29 is 9.84 Å². The number of aliphatic imine (C=N–C) groups is 1. The maximum absolute atomic E-state index is 10.4. The molecule has 1 aromatic rings. The molecule has 152 valence electrons. The van der Waals surface area contributed by atoms with Crippen molar-refractivity contribution in [2.45, 2.75) is 39.2 Å². The molecule has 1 unspecified atom stereocenters. The highest BCUT2D eigenvalue weighted by Crippen LogP contribution is 2.18. The van der Waals surface area contributed by atoms with Gasteiger partial charge < -0.3 is 25.4 Å². The summed E-state index contributed by atoms with van der Waals surface area (Å²) in [5.41, 5.74) is 0.842. The number of nitrogens with zero attached hydrogens (tertiary/aromatic N) is 2. The van der Waals surface area contributed by atoms with E-state index in [1.807, 2.05) is 31.2 Å². The minimum atomic E-state index is -0.623. The van der Waals surface area contributed by atoms with Crippen LogP contribution in [0.4, 0.5) is 0 Å². The predicted molar refractivity (Wildman–Crippen MR) is 111 cm³/mol. The van der Waals surface area contributed by atoms with Gasteiger partial charge in [0.25, 0.3) is 0 Å². The molecule has 6 heteroatoms. The second-order valence-electron chi connectivity index (χ2n) is 7.31. The zero-order valence-electron chi connectivity index (χ0n) is 17.1. The van der Waals surface area contributed by atoms with E-state index in [1.54, 1.807) is 7.11 Å². The smallest absolute Gasteiger partial charge is 0.191 e. The molecule has 1 aromatic carbocycles. The van der Waals surface area contributed by atoms with Crippen LogP contribution < -0.4 is 15.4 Å². The Kier molecular flexibility index (Phi) is 9.42. The minimum Gasteiger partial charge on any atom is -0.497 e. The molecule has 3 N–H and O–H groups in total. The summed E-state index contributed by atoms with van der Waals surface area (Å²) in [6, 6.07) is 7.46. The van der Waals surface area contributed by atoms with Crippen LogP contribution in [0.5, 0.6) is 5.75 Å². The van der Waals surface area contributed by atoms with Crippen LogP contribution >= 0.6 is 0 Å². The average molecular weight is 377 g/mol. The second-order valence-corrected chi connectivity index (χ2v) is 7.31. The van der Waals surface area contributed by atoms with E-state index in [9.17, 15) is 5.11 Å². The van der Waals surface area contributed by atoms with E-state index in [1.165, 1.54) is 25.9 Å². The summed E-state index contributed by atoms with van der Waals surface area (Å²) >= 11 is 0. The van der Waals surface area contributed by atoms with Gasteiger partial charge in [0.05, 0.1) is 19.8 Å². The quantitative estimate of drug-likeness (QED) is 0.351. The molecule has 1 fully saturated rings. The Morgan fingerprint density at radius 2 is 1.96 bits per heavy atom. The standard InChI is InChI=1S/C21H36N4O2/c1-4-22-21(23-12-5-13-25-14-10-17(2)11-15-25)24-16-20(26)18-6-8-19(27-3)9-7-18/h6-9,17,20,26H,4-5,10-16H2,1-3H3,(H2,22,23,24). The molecule has 0 aliphatic carbocycles. The number of guanidine groups is 1. The van der Waals surface area contributed by atoms with Gasteiger partial charge in [0.1, 0.15) is 5.75 Å². The van der Waals surface area contributed by atoms with Gasteiger partial charge in [-0.25, -0.2) is 0 Å². The lowest BCUT2D eigenvalue weighted by Gasteiger charge is -2.30. The number of likely N-dealkylation sites (tertiary alicyclic amines) is 1. The van der Waals surface area contributed by atoms with Crippen molar-refractivity contribution in [2.75, 3.05) is 46.4 Å². The number of aliphatic hydroxyl groups is 1. The molecule has 0 spiro atoms. The number of piperidine rings is 1. The first-order chi connectivity index (χ1) is 13.1. The van der Waals surface area contributed by atoms with Crippen LogP contribution in [0.15, 0.2) is 29.3 Å². The van der Waals surface area contributed by atoms with Gasteiger partial charge in [0, 0.05) is 13.1 Å². The summed E-state index contributed by atoms with van der Waals surface area (Å²) in [5, 5.41) is 17.0. The third-order valence-electron chi connectivity index (χ3n) is 5.09. The number of rotatable bonds is 9. The molecule has 1 atom stereocenters. The minimum absolute atomic E-state index is 0.325. The zero-order chi connectivity index (χ0) is 19.5. The van der Waals surface area contributed by atoms with Crippen LogP contribution in [0.2, 0.25) is 0 Å². The normalized spacial score (nSPS) is 17.6. The fourth-order valence-corrected chi connectivity index (χ4v) is 3.25. The first-order valence-corrected chi connectivity index (χ1v) is 10.2. The maximum atomic E-state index is 10.4. The van der Waals surface area contributed by atoms with E-state index in [4.69, 9.17) is 4.74 Å². The van der Waals surface area contributed by atoms with Crippen molar-refractivity contribution in [2.24, 2.45) is 10.9 Å². The number of aliphatic hydroxyl groups excluding tert-OH is 1. The highest BCUT2D eigenvalue weighted by Gasteiger charge is 2.14. The van der Waals surface area contributed by atoms with Gasteiger partial charge in [-0.2, -0.15) is 0 Å². The van der Waals surface area contributed by atoms with Crippen molar-refractivity contribution in [3.05, 3.63) is 29.8 Å². The number of ether oxygens (including phenoxy) is 1. The number of hydrogen-bond donors (Lipinski definition) is 3. The molecular weight excluding hydrogens is 340 g/mol. The molecule has 6 nitrogen and oxygen atoms in total. The molecule has 1 heterocycles. The molecule has 1 aliphatic heterocycles. The molecule has 0 radical (unpaired) electrons. The first kappa shape index (κ1) is 21.5. The molecule has 2 rings (SSSR count). The SMILES string of the molecule is CCNC(=NCC(O)c1ccc(OC)cc1)NCCCN1CCC(C)CC1. The monoisotopic (exact) mass is 376 g/mol. The van der Waals surface area contributed by atoms with Gasteiger partial charge in [-0.1, -0.05) is 19.1 Å². The lowest BCUT2D eigenvalue weighted by molar-refractivity contribution is 0.187. The van der Waals surface area contributed by atoms with Crippen molar-refractivity contribution >= 4 is 5.96 Å². The highest BCUT2D eigenvalue weighted by atomic mass is 16.5. The Hall–Kier alpha value is -1.79. The van der Waals surface area contributed by atoms with Crippen LogP contribution in [0.25, 0.3) is 0 Å². The predicted octanol–water partition coefficient (Wildman–Crippen LogP) is 2.41. The van der Waals surface area contributed by atoms with E-state index in [-0.39, 0.29) is 0 Å². The third kappa shape index (κ3) is 7.77. The lowest BCUT2D eigenvalue weighted by atomic mass is 9.99. The maximum Gasteiger partial charge on any atom is 0.191 e. The molecule has 1 saturated heterocycles. The highest BCUT2D eigenvalue weighted by molar-refractivity contribution is 5.79. The van der Waals surface area contributed by atoms with E-state index in [0.717, 1.165) is 49.2 Å². The molecule has 0 amide bonds. The first-order valence-electron chi connectivity index (χ1n) is 10.2. The van der Waals surface area contributed by atoms with E-state index >= 15 is 0 Å². The van der Waals surface area contributed by atoms with Crippen molar-refractivity contribution in [1.29, 1.82) is 0 Å². The molecule has 1 aliphatic rings. The van der Waals surface area contributed by atoms with Crippen molar-refractivity contribution in [3.63, 3.8) is 0 Å². The summed E-state index contributed by atoms with van der Waals surface area (Å²) < 4.78 is 5.15. The Labute approximate surface area is 164 Å². The van der Waals surface area contributed by atoms with Gasteiger partial charge in [-0.15, -0.1) is 0 Å². The van der Waals surface area contributed by atoms with Gasteiger partial charge in [0.15, 0.2) is 5.96 Å². The zero-order valence-corrected chi connectivity index (χ0v) is 17.1. The lowest BCUT2D eigenvalue weighted by Crippen LogP contribution is -2.40. The van der Waals surface area contributed by atoms with Gasteiger partial charge >= 0.3 is 0 Å². The Morgan fingerprint density at radius 1 is 1.26 bits per heavy atom. The topological polar surface area (TPSA) is 69.1 Å². The van der Waals surface area contributed by atoms with Crippen LogP contribution in [-0.2, 0) is 0 Å². The van der Waals surface area contributed by atoms with Crippen LogP contribution in [0.3, 0.4) is 0 Å². The van der Waals surface area contributed by atoms with Gasteiger partial charge in [-0.05, 0) is 69.4 Å². The fraction of sp³-hybridized carbons (Fsp3) is 0.667. The molecule has 0 bridgehead atoms.